The lowest BCUT2D eigenvalue weighted by atomic mass is 9.77. The summed E-state index contributed by atoms with van der Waals surface area (Å²) >= 11 is 0. The predicted octanol–water partition coefficient (Wildman–Crippen LogP) is 3.29. The van der Waals surface area contributed by atoms with Crippen molar-refractivity contribution in [3.05, 3.63) is 34.9 Å². The molecule has 92 valence electrons. The van der Waals surface area contributed by atoms with E-state index >= 15 is 0 Å². The van der Waals surface area contributed by atoms with Gasteiger partial charge in [-0.3, -0.25) is 4.79 Å². The minimum atomic E-state index is -0.246. The van der Waals surface area contributed by atoms with Crippen LogP contribution in [0.15, 0.2) is 18.2 Å². The fourth-order valence-corrected chi connectivity index (χ4v) is 2.74. The molecular weight excluding hydrogens is 212 g/mol. The Kier molecular flexibility index (Phi) is 3.34. The van der Waals surface area contributed by atoms with Gasteiger partial charge >= 0.3 is 0 Å². The van der Waals surface area contributed by atoms with Gasteiger partial charge in [0.1, 0.15) is 5.78 Å². The third-order valence-corrected chi connectivity index (χ3v) is 3.89. The van der Waals surface area contributed by atoms with E-state index < -0.39 is 0 Å². The van der Waals surface area contributed by atoms with Gasteiger partial charge in [0.15, 0.2) is 0 Å². The molecule has 0 bridgehead atoms. The summed E-state index contributed by atoms with van der Waals surface area (Å²) in [7, 11) is 1.76. The van der Waals surface area contributed by atoms with Crippen molar-refractivity contribution in [1.82, 2.24) is 0 Å². The van der Waals surface area contributed by atoms with Crippen LogP contribution in [-0.2, 0) is 15.1 Å². The highest BCUT2D eigenvalue weighted by molar-refractivity contribution is 5.79. The van der Waals surface area contributed by atoms with E-state index in [1.807, 2.05) is 0 Å². The minimum absolute atomic E-state index is 0.246. The molecule has 0 N–H and O–H groups in total. The monoisotopic (exact) mass is 232 g/mol. The molecule has 1 aliphatic carbocycles. The van der Waals surface area contributed by atoms with Crippen molar-refractivity contribution in [3.8, 4) is 0 Å². The first-order valence-corrected chi connectivity index (χ1v) is 6.22. The van der Waals surface area contributed by atoms with Crippen LogP contribution in [0.1, 0.15) is 42.4 Å². The SMILES string of the molecule is COC1(c2cc(C)ccc2C)CCC(=O)CC1. The molecule has 0 saturated heterocycles. The number of carbonyl (C=O) groups excluding carboxylic acids is 1. The normalized spacial score (nSPS) is 19.4. The molecule has 0 aromatic heterocycles. The quantitative estimate of drug-likeness (QED) is 0.782. The van der Waals surface area contributed by atoms with Gasteiger partial charge in [0.05, 0.1) is 5.60 Å². The Morgan fingerprint density at radius 2 is 1.82 bits per heavy atom. The van der Waals surface area contributed by atoms with Crippen LogP contribution in [0.2, 0.25) is 0 Å². The lowest BCUT2D eigenvalue weighted by Crippen LogP contribution is -2.34. The molecule has 2 nitrogen and oxygen atoms in total. The number of benzene rings is 1. The molecule has 1 aliphatic rings. The van der Waals surface area contributed by atoms with Crippen LogP contribution in [-0.4, -0.2) is 12.9 Å². The molecule has 1 aromatic carbocycles. The Balaban J connectivity index is 2.40. The zero-order chi connectivity index (χ0) is 12.5. The maximum absolute atomic E-state index is 11.4. The highest BCUT2D eigenvalue weighted by atomic mass is 16.5. The van der Waals surface area contributed by atoms with Gasteiger partial charge < -0.3 is 4.74 Å². The fourth-order valence-electron chi connectivity index (χ4n) is 2.74. The molecule has 0 amide bonds. The summed E-state index contributed by atoms with van der Waals surface area (Å²) in [4.78, 5) is 11.4. The second-order valence-corrected chi connectivity index (χ2v) is 5.06. The highest BCUT2D eigenvalue weighted by Gasteiger charge is 2.37. The van der Waals surface area contributed by atoms with E-state index in [1.54, 1.807) is 7.11 Å². The van der Waals surface area contributed by atoms with Crippen molar-refractivity contribution in [2.75, 3.05) is 7.11 Å². The molecule has 17 heavy (non-hydrogen) atoms. The van der Waals surface area contributed by atoms with Gasteiger partial charge in [0.25, 0.3) is 0 Å². The van der Waals surface area contributed by atoms with Crippen LogP contribution in [0.3, 0.4) is 0 Å². The molecule has 0 heterocycles. The average molecular weight is 232 g/mol. The highest BCUT2D eigenvalue weighted by Crippen LogP contribution is 2.40. The Bertz CT molecular complexity index is 425. The number of Topliss-reactive ketones (excluding diaryl/α,β-unsaturated/α-hetero) is 1. The van der Waals surface area contributed by atoms with E-state index in [-0.39, 0.29) is 5.60 Å². The molecule has 0 aliphatic heterocycles. The Labute approximate surface area is 103 Å². The lowest BCUT2D eigenvalue weighted by Gasteiger charge is -2.37. The van der Waals surface area contributed by atoms with Crippen molar-refractivity contribution >= 4 is 5.78 Å². The van der Waals surface area contributed by atoms with Crippen LogP contribution < -0.4 is 0 Å². The van der Waals surface area contributed by atoms with E-state index in [0.717, 1.165) is 12.8 Å². The van der Waals surface area contributed by atoms with Crippen LogP contribution in [0.5, 0.6) is 0 Å². The molecule has 0 unspecified atom stereocenters. The molecule has 0 atom stereocenters. The average Bonchev–Trinajstić information content (AvgIpc) is 2.34. The van der Waals surface area contributed by atoms with E-state index in [2.05, 4.69) is 32.0 Å². The standard InChI is InChI=1S/C15H20O2/c1-11-4-5-12(2)14(10-11)15(17-3)8-6-13(16)7-9-15/h4-5,10H,6-9H2,1-3H3. The van der Waals surface area contributed by atoms with Crippen LogP contribution >= 0.6 is 0 Å². The number of ether oxygens (including phenoxy) is 1. The summed E-state index contributed by atoms with van der Waals surface area (Å²) in [6.45, 7) is 4.21. The van der Waals surface area contributed by atoms with Gasteiger partial charge in [0, 0.05) is 20.0 Å². The smallest absolute Gasteiger partial charge is 0.133 e. The second kappa shape index (κ2) is 4.61. The first kappa shape index (κ1) is 12.3. The van der Waals surface area contributed by atoms with Crippen molar-refractivity contribution in [2.45, 2.75) is 45.1 Å². The number of hydrogen-bond acceptors (Lipinski definition) is 2. The summed E-state index contributed by atoms with van der Waals surface area (Å²) in [5.41, 5.74) is 3.52. The van der Waals surface area contributed by atoms with Crippen molar-refractivity contribution in [1.29, 1.82) is 0 Å². The van der Waals surface area contributed by atoms with Crippen LogP contribution in [0.25, 0.3) is 0 Å². The third kappa shape index (κ3) is 2.27. The number of hydrogen-bond donors (Lipinski definition) is 0. The maximum Gasteiger partial charge on any atom is 0.133 e. The summed E-state index contributed by atoms with van der Waals surface area (Å²) in [6.07, 6.45) is 2.90. The number of rotatable bonds is 2. The Morgan fingerprint density at radius 1 is 1.18 bits per heavy atom. The molecule has 1 aromatic rings. The van der Waals surface area contributed by atoms with E-state index in [1.165, 1.54) is 16.7 Å². The zero-order valence-corrected chi connectivity index (χ0v) is 10.9. The fraction of sp³-hybridized carbons (Fsp3) is 0.533. The number of methoxy groups -OCH3 is 1. The van der Waals surface area contributed by atoms with Crippen LogP contribution in [0, 0.1) is 13.8 Å². The Hall–Kier alpha value is -1.15. The summed E-state index contributed by atoms with van der Waals surface area (Å²) < 4.78 is 5.80. The van der Waals surface area contributed by atoms with Crippen LogP contribution in [0.4, 0.5) is 0 Å². The summed E-state index contributed by atoms with van der Waals surface area (Å²) in [6, 6.07) is 6.46. The number of carbonyl (C=O) groups is 1. The van der Waals surface area contributed by atoms with E-state index in [4.69, 9.17) is 4.74 Å². The van der Waals surface area contributed by atoms with Gasteiger partial charge in [-0.1, -0.05) is 23.8 Å². The van der Waals surface area contributed by atoms with Crippen molar-refractivity contribution in [2.24, 2.45) is 0 Å². The molecule has 1 saturated carbocycles. The van der Waals surface area contributed by atoms with Gasteiger partial charge in [-0.25, -0.2) is 0 Å². The molecule has 0 radical (unpaired) electrons. The van der Waals surface area contributed by atoms with Gasteiger partial charge in [0.2, 0.25) is 0 Å². The van der Waals surface area contributed by atoms with E-state index in [9.17, 15) is 4.79 Å². The summed E-state index contributed by atoms with van der Waals surface area (Å²) in [5, 5.41) is 0. The van der Waals surface area contributed by atoms with E-state index in [0.29, 0.717) is 18.6 Å². The first-order chi connectivity index (χ1) is 8.07. The largest absolute Gasteiger partial charge is 0.373 e. The van der Waals surface area contributed by atoms with Crippen molar-refractivity contribution < 1.29 is 9.53 Å². The summed E-state index contributed by atoms with van der Waals surface area (Å²) in [5.74, 6) is 0.364. The van der Waals surface area contributed by atoms with Crippen molar-refractivity contribution in [3.63, 3.8) is 0 Å². The maximum atomic E-state index is 11.4. The van der Waals surface area contributed by atoms with Gasteiger partial charge in [-0.15, -0.1) is 0 Å². The second-order valence-electron chi connectivity index (χ2n) is 5.06. The topological polar surface area (TPSA) is 26.3 Å². The molecule has 2 heteroatoms. The molecule has 2 rings (SSSR count). The predicted molar refractivity (Wildman–Crippen MR) is 68.1 cm³/mol. The zero-order valence-electron chi connectivity index (χ0n) is 10.9. The van der Waals surface area contributed by atoms with Gasteiger partial charge in [-0.05, 0) is 37.8 Å². The molecule has 1 fully saturated rings. The number of ketones is 1. The first-order valence-electron chi connectivity index (χ1n) is 6.22. The molecular formula is C15H20O2. The number of aryl methyl sites for hydroxylation is 2. The third-order valence-electron chi connectivity index (χ3n) is 3.89. The Morgan fingerprint density at radius 3 is 2.41 bits per heavy atom. The lowest BCUT2D eigenvalue weighted by molar-refractivity contribution is -0.127. The minimum Gasteiger partial charge on any atom is -0.373 e. The molecule has 0 spiro atoms. The van der Waals surface area contributed by atoms with Gasteiger partial charge in [-0.2, -0.15) is 0 Å².